The summed E-state index contributed by atoms with van der Waals surface area (Å²) in [6.45, 7) is 5.19. The zero-order chi connectivity index (χ0) is 17.2. The molecule has 0 radical (unpaired) electrons. The van der Waals surface area contributed by atoms with Gasteiger partial charge in [-0.2, -0.15) is 9.78 Å². The lowest BCUT2D eigenvalue weighted by atomic mass is 10.2. The van der Waals surface area contributed by atoms with E-state index in [1.165, 1.54) is 10.7 Å². The van der Waals surface area contributed by atoms with Gasteiger partial charge >= 0.3 is 12.1 Å². The Hall–Kier alpha value is -2.17. The molecule has 0 spiro atoms. The molecule has 0 aromatic carbocycles. The van der Waals surface area contributed by atoms with Crippen molar-refractivity contribution in [3.8, 4) is 5.82 Å². The average molecular weight is 430 g/mol. The van der Waals surface area contributed by atoms with E-state index >= 15 is 0 Å². The van der Waals surface area contributed by atoms with Crippen LogP contribution in [0.4, 0.5) is 10.6 Å². The Balaban J connectivity index is 2.38. The standard InChI is InChI=1S/C14H15IN4O4/c1-14(2,3)23-13(22)17-11-7-9(12(20)21)18-19(11)10-6-8(15)4-5-16-10/h4-7H,1-3H3,(H,17,22)(H,20,21). The number of halogens is 1. The second-order valence-corrected chi connectivity index (χ2v) is 6.84. The maximum absolute atomic E-state index is 11.9. The minimum atomic E-state index is -1.21. The van der Waals surface area contributed by atoms with Gasteiger partial charge in [0.1, 0.15) is 11.4 Å². The number of ether oxygens (including phenoxy) is 1. The van der Waals surface area contributed by atoms with E-state index in [9.17, 15) is 9.59 Å². The molecular weight excluding hydrogens is 415 g/mol. The van der Waals surface area contributed by atoms with Crippen molar-refractivity contribution >= 4 is 40.5 Å². The lowest BCUT2D eigenvalue weighted by molar-refractivity contribution is 0.0632. The fourth-order valence-electron chi connectivity index (χ4n) is 1.67. The zero-order valence-electron chi connectivity index (χ0n) is 12.7. The summed E-state index contributed by atoms with van der Waals surface area (Å²) in [5, 5.41) is 15.5. The highest BCUT2D eigenvalue weighted by Gasteiger charge is 2.21. The van der Waals surface area contributed by atoms with Gasteiger partial charge in [-0.3, -0.25) is 5.32 Å². The Morgan fingerprint density at radius 3 is 2.61 bits per heavy atom. The molecule has 2 aromatic heterocycles. The normalized spacial score (nSPS) is 11.1. The molecule has 0 aliphatic rings. The summed E-state index contributed by atoms with van der Waals surface area (Å²) in [6.07, 6.45) is 0.859. The number of amides is 1. The van der Waals surface area contributed by atoms with Crippen molar-refractivity contribution in [2.75, 3.05) is 5.32 Å². The maximum atomic E-state index is 11.9. The highest BCUT2D eigenvalue weighted by Crippen LogP contribution is 2.19. The van der Waals surface area contributed by atoms with Crippen molar-refractivity contribution in [2.24, 2.45) is 0 Å². The van der Waals surface area contributed by atoms with Crippen LogP contribution in [0.2, 0.25) is 0 Å². The number of hydrogen-bond acceptors (Lipinski definition) is 5. The molecule has 8 nitrogen and oxygen atoms in total. The molecule has 1 amide bonds. The van der Waals surface area contributed by atoms with E-state index < -0.39 is 17.7 Å². The van der Waals surface area contributed by atoms with Crippen molar-refractivity contribution < 1.29 is 19.4 Å². The second-order valence-electron chi connectivity index (χ2n) is 5.59. The first-order valence-electron chi connectivity index (χ1n) is 6.61. The van der Waals surface area contributed by atoms with E-state index in [1.807, 2.05) is 0 Å². The summed E-state index contributed by atoms with van der Waals surface area (Å²) in [7, 11) is 0. The van der Waals surface area contributed by atoms with Crippen molar-refractivity contribution in [2.45, 2.75) is 26.4 Å². The van der Waals surface area contributed by atoms with Gasteiger partial charge in [-0.1, -0.05) is 0 Å². The van der Waals surface area contributed by atoms with Gasteiger partial charge in [0.25, 0.3) is 0 Å². The van der Waals surface area contributed by atoms with Crippen LogP contribution in [-0.2, 0) is 4.74 Å². The number of nitrogens with zero attached hydrogens (tertiary/aromatic N) is 3. The number of anilines is 1. The van der Waals surface area contributed by atoms with Crippen molar-refractivity contribution in [3.05, 3.63) is 33.7 Å². The number of carboxylic acids is 1. The lowest BCUT2D eigenvalue weighted by Crippen LogP contribution is -2.28. The molecule has 2 rings (SSSR count). The van der Waals surface area contributed by atoms with Crippen LogP contribution < -0.4 is 5.32 Å². The summed E-state index contributed by atoms with van der Waals surface area (Å²) in [5.74, 6) is -0.664. The monoisotopic (exact) mass is 430 g/mol. The molecule has 2 heterocycles. The fraction of sp³-hybridized carbons (Fsp3) is 0.286. The minimum absolute atomic E-state index is 0.158. The third kappa shape index (κ3) is 4.65. The fourth-order valence-corrected chi connectivity index (χ4v) is 2.11. The van der Waals surface area contributed by atoms with Crippen LogP contribution in [0.1, 0.15) is 31.3 Å². The van der Waals surface area contributed by atoms with Crippen molar-refractivity contribution in [3.63, 3.8) is 0 Å². The number of pyridine rings is 1. The van der Waals surface area contributed by atoms with Gasteiger partial charge in [0.15, 0.2) is 11.5 Å². The third-order valence-corrected chi connectivity index (χ3v) is 3.15. The molecule has 0 aliphatic carbocycles. The molecule has 0 saturated carbocycles. The van der Waals surface area contributed by atoms with Crippen LogP contribution in [-0.4, -0.2) is 37.5 Å². The smallest absolute Gasteiger partial charge is 0.413 e. The SMILES string of the molecule is CC(C)(C)OC(=O)Nc1cc(C(=O)O)nn1-c1cc(I)ccn1. The van der Waals surface area contributed by atoms with E-state index in [0.717, 1.165) is 3.57 Å². The van der Waals surface area contributed by atoms with Crippen LogP contribution in [0.3, 0.4) is 0 Å². The van der Waals surface area contributed by atoms with Gasteiger partial charge in [-0.15, -0.1) is 0 Å². The van der Waals surface area contributed by atoms with Crippen LogP contribution in [0, 0.1) is 3.57 Å². The first-order chi connectivity index (χ1) is 10.7. The Bertz CT molecular complexity index is 751. The molecule has 0 bridgehead atoms. The first-order valence-corrected chi connectivity index (χ1v) is 7.69. The number of aromatic carboxylic acids is 1. The third-order valence-electron chi connectivity index (χ3n) is 2.48. The van der Waals surface area contributed by atoms with Crippen molar-refractivity contribution in [1.29, 1.82) is 0 Å². The summed E-state index contributed by atoms with van der Waals surface area (Å²) in [6, 6.07) is 4.74. The molecule has 9 heteroatoms. The molecule has 0 unspecified atom stereocenters. The van der Waals surface area contributed by atoms with Crippen LogP contribution >= 0.6 is 22.6 Å². The van der Waals surface area contributed by atoms with Gasteiger partial charge in [-0.05, 0) is 55.5 Å². The lowest BCUT2D eigenvalue weighted by Gasteiger charge is -2.19. The minimum Gasteiger partial charge on any atom is -0.476 e. The van der Waals surface area contributed by atoms with Gasteiger partial charge in [-0.25, -0.2) is 14.6 Å². The first kappa shape index (κ1) is 17.2. The molecule has 2 aromatic rings. The van der Waals surface area contributed by atoms with E-state index in [-0.39, 0.29) is 11.5 Å². The Labute approximate surface area is 146 Å². The van der Waals surface area contributed by atoms with E-state index in [2.05, 4.69) is 38.0 Å². The Kier molecular flexibility index (Phi) is 4.88. The van der Waals surface area contributed by atoms with Crippen LogP contribution in [0.5, 0.6) is 0 Å². The predicted molar refractivity (Wildman–Crippen MR) is 90.9 cm³/mol. The van der Waals surface area contributed by atoms with Gasteiger partial charge in [0.2, 0.25) is 0 Å². The summed E-state index contributed by atoms with van der Waals surface area (Å²) in [5.41, 5.74) is -0.887. The van der Waals surface area contributed by atoms with Gasteiger partial charge < -0.3 is 9.84 Å². The van der Waals surface area contributed by atoms with Gasteiger partial charge in [0, 0.05) is 15.8 Å². The Morgan fingerprint density at radius 1 is 1.35 bits per heavy atom. The molecule has 0 fully saturated rings. The van der Waals surface area contributed by atoms with E-state index in [0.29, 0.717) is 5.82 Å². The Morgan fingerprint density at radius 2 is 2.04 bits per heavy atom. The second kappa shape index (κ2) is 6.52. The number of carboxylic acid groups (broad SMARTS) is 1. The number of hydrogen-bond donors (Lipinski definition) is 2. The topological polar surface area (TPSA) is 106 Å². The summed E-state index contributed by atoms with van der Waals surface area (Å²) >= 11 is 2.10. The zero-order valence-corrected chi connectivity index (χ0v) is 14.9. The number of carbonyl (C=O) groups is 2. The summed E-state index contributed by atoms with van der Waals surface area (Å²) < 4.78 is 7.30. The molecule has 0 aliphatic heterocycles. The number of carbonyl (C=O) groups excluding carboxylic acids is 1. The number of rotatable bonds is 3. The largest absolute Gasteiger partial charge is 0.476 e. The molecule has 2 N–H and O–H groups in total. The maximum Gasteiger partial charge on any atom is 0.413 e. The molecule has 23 heavy (non-hydrogen) atoms. The number of nitrogens with one attached hydrogen (secondary N) is 1. The molecular formula is C14H15IN4O4. The predicted octanol–water partition coefficient (Wildman–Crippen LogP) is 2.92. The summed E-state index contributed by atoms with van der Waals surface area (Å²) in [4.78, 5) is 27.2. The molecule has 0 saturated heterocycles. The van der Waals surface area contributed by atoms with E-state index in [4.69, 9.17) is 9.84 Å². The molecule has 122 valence electrons. The highest BCUT2D eigenvalue weighted by atomic mass is 127. The quantitative estimate of drug-likeness (QED) is 0.726. The van der Waals surface area contributed by atoms with Crippen LogP contribution in [0.25, 0.3) is 5.82 Å². The van der Waals surface area contributed by atoms with Crippen molar-refractivity contribution in [1.82, 2.24) is 14.8 Å². The molecule has 0 atom stereocenters. The number of aromatic nitrogens is 3. The average Bonchev–Trinajstić information content (AvgIpc) is 2.80. The van der Waals surface area contributed by atoms with Crippen LogP contribution in [0.15, 0.2) is 24.4 Å². The highest BCUT2D eigenvalue weighted by molar-refractivity contribution is 14.1. The van der Waals surface area contributed by atoms with E-state index in [1.54, 1.807) is 39.1 Å². The van der Waals surface area contributed by atoms with Gasteiger partial charge in [0.05, 0.1) is 0 Å².